The zero-order valence-corrected chi connectivity index (χ0v) is 35.2. The number of hydrogen-bond donors (Lipinski definition) is 0. The molecule has 0 N–H and O–H groups in total. The van der Waals surface area contributed by atoms with E-state index in [1.807, 2.05) is 146 Å². The first-order valence-electron chi connectivity index (χ1n) is 21.5. The van der Waals surface area contributed by atoms with E-state index in [1.54, 1.807) is 36.4 Å². The van der Waals surface area contributed by atoms with Crippen molar-refractivity contribution in [3.63, 3.8) is 0 Å². The SMILES string of the molecule is O=C(CCc1ccccc1)Oc1ccc(CCC(=O)Oc2ccc3ccccc3c2-c2c(OC(=O)CCc3ccc(OC(=O)CCc4ccccc4)cc3)ccc3ccccc23)cc1. The summed E-state index contributed by atoms with van der Waals surface area (Å²) in [5, 5.41) is 3.51. The van der Waals surface area contributed by atoms with Gasteiger partial charge in [0.15, 0.2) is 0 Å². The highest BCUT2D eigenvalue weighted by Gasteiger charge is 2.22. The topological polar surface area (TPSA) is 105 Å². The molecule has 64 heavy (non-hydrogen) atoms. The molecule has 0 aromatic heterocycles. The molecule has 8 aromatic rings. The highest BCUT2D eigenvalue weighted by atomic mass is 16.5. The van der Waals surface area contributed by atoms with Crippen LogP contribution >= 0.6 is 0 Å². The normalized spacial score (nSPS) is 10.9. The zero-order chi connectivity index (χ0) is 44.1. The number of esters is 4. The largest absolute Gasteiger partial charge is 0.427 e. The molecule has 8 nitrogen and oxygen atoms in total. The van der Waals surface area contributed by atoms with Crippen LogP contribution in [0.15, 0.2) is 182 Å². The summed E-state index contributed by atoms with van der Waals surface area (Å²) in [7, 11) is 0. The van der Waals surface area contributed by atoms with E-state index in [4.69, 9.17) is 18.9 Å². The van der Waals surface area contributed by atoms with E-state index in [2.05, 4.69) is 0 Å². The van der Waals surface area contributed by atoms with Gasteiger partial charge in [0.1, 0.15) is 23.0 Å². The lowest BCUT2D eigenvalue weighted by Gasteiger charge is -2.19. The smallest absolute Gasteiger partial charge is 0.311 e. The van der Waals surface area contributed by atoms with Gasteiger partial charge in [-0.2, -0.15) is 0 Å². The van der Waals surface area contributed by atoms with E-state index in [1.165, 1.54) is 0 Å². The lowest BCUT2D eigenvalue weighted by Crippen LogP contribution is -2.12. The maximum absolute atomic E-state index is 13.6. The van der Waals surface area contributed by atoms with Crippen molar-refractivity contribution in [2.24, 2.45) is 0 Å². The summed E-state index contributed by atoms with van der Waals surface area (Å²) < 4.78 is 23.4. The van der Waals surface area contributed by atoms with Crippen molar-refractivity contribution in [3.05, 3.63) is 204 Å². The summed E-state index contributed by atoms with van der Waals surface area (Å²) in [5.41, 5.74) is 5.19. The van der Waals surface area contributed by atoms with Crippen molar-refractivity contribution in [2.45, 2.75) is 51.4 Å². The number of fused-ring (bicyclic) bond motifs is 2. The van der Waals surface area contributed by atoms with Crippen molar-refractivity contribution < 1.29 is 38.1 Å². The molecule has 0 spiro atoms. The van der Waals surface area contributed by atoms with Crippen LogP contribution < -0.4 is 18.9 Å². The minimum Gasteiger partial charge on any atom is -0.427 e. The number of ether oxygens (including phenoxy) is 4. The van der Waals surface area contributed by atoms with Crippen LogP contribution in [0, 0.1) is 0 Å². The molecule has 0 atom stereocenters. The van der Waals surface area contributed by atoms with Crippen molar-refractivity contribution in [1.29, 1.82) is 0 Å². The molecule has 8 rings (SSSR count). The average molecular weight is 847 g/mol. The number of aryl methyl sites for hydroxylation is 4. The molecule has 318 valence electrons. The summed E-state index contributed by atoms with van der Waals surface area (Å²) in [5.74, 6) is 0.0926. The quantitative estimate of drug-likeness (QED) is 0.0659. The monoisotopic (exact) mass is 846 g/mol. The average Bonchev–Trinajstić information content (AvgIpc) is 3.33. The fourth-order valence-corrected chi connectivity index (χ4v) is 7.62. The van der Waals surface area contributed by atoms with Crippen LogP contribution in [0.3, 0.4) is 0 Å². The molecule has 0 aliphatic carbocycles. The molecule has 0 aliphatic rings. The fourth-order valence-electron chi connectivity index (χ4n) is 7.62. The molecule has 0 aliphatic heterocycles. The van der Waals surface area contributed by atoms with Crippen LogP contribution in [0.5, 0.6) is 23.0 Å². The number of hydrogen-bond acceptors (Lipinski definition) is 8. The Morgan fingerprint density at radius 3 is 0.984 bits per heavy atom. The second-order valence-electron chi connectivity index (χ2n) is 15.5. The molecule has 0 bridgehead atoms. The van der Waals surface area contributed by atoms with Crippen LogP contribution in [0.2, 0.25) is 0 Å². The summed E-state index contributed by atoms with van der Waals surface area (Å²) in [6, 6.07) is 56.9. The number of benzene rings is 8. The van der Waals surface area contributed by atoms with Crippen LogP contribution in [0.1, 0.15) is 47.9 Å². The molecule has 8 heteroatoms. The molecule has 0 fully saturated rings. The van der Waals surface area contributed by atoms with Crippen LogP contribution in [0.25, 0.3) is 32.7 Å². The molecule has 0 radical (unpaired) electrons. The second-order valence-corrected chi connectivity index (χ2v) is 15.5. The summed E-state index contributed by atoms with van der Waals surface area (Å²) in [6.45, 7) is 0. The maximum atomic E-state index is 13.6. The highest BCUT2D eigenvalue weighted by molar-refractivity contribution is 6.10. The first-order valence-corrected chi connectivity index (χ1v) is 21.5. The van der Waals surface area contributed by atoms with Gasteiger partial charge in [0.05, 0.1) is 0 Å². The second kappa shape index (κ2) is 20.8. The van der Waals surface area contributed by atoms with Gasteiger partial charge in [0, 0.05) is 36.8 Å². The molecule has 0 heterocycles. The Bertz CT molecular complexity index is 2690. The van der Waals surface area contributed by atoms with Gasteiger partial charge in [0.25, 0.3) is 0 Å². The summed E-state index contributed by atoms with van der Waals surface area (Å²) in [4.78, 5) is 52.1. The zero-order valence-electron chi connectivity index (χ0n) is 35.2. The van der Waals surface area contributed by atoms with Gasteiger partial charge in [-0.1, -0.05) is 146 Å². The minimum absolute atomic E-state index is 0.0948. The van der Waals surface area contributed by atoms with Gasteiger partial charge < -0.3 is 18.9 Å². The molecular formula is C56H46O8. The molecular weight excluding hydrogens is 801 g/mol. The fraction of sp³-hybridized carbons (Fsp3) is 0.143. The highest BCUT2D eigenvalue weighted by Crippen LogP contribution is 2.46. The Morgan fingerprint density at radius 2 is 0.609 bits per heavy atom. The number of carbonyl (C=O) groups excluding carboxylic acids is 4. The molecule has 0 unspecified atom stereocenters. The van der Waals surface area contributed by atoms with E-state index >= 15 is 0 Å². The third-order valence-electron chi connectivity index (χ3n) is 10.9. The van der Waals surface area contributed by atoms with E-state index < -0.39 is 11.9 Å². The van der Waals surface area contributed by atoms with E-state index in [0.29, 0.717) is 59.8 Å². The van der Waals surface area contributed by atoms with Crippen molar-refractivity contribution in [3.8, 4) is 34.1 Å². The minimum atomic E-state index is -0.431. The predicted molar refractivity (Wildman–Crippen MR) is 248 cm³/mol. The summed E-state index contributed by atoms with van der Waals surface area (Å²) in [6.07, 6.45) is 2.74. The number of carbonyl (C=O) groups is 4. The van der Waals surface area contributed by atoms with Gasteiger partial charge in [-0.05, 0) is 106 Å². The Hall–Kier alpha value is -7.84. The third-order valence-corrected chi connectivity index (χ3v) is 10.9. The summed E-state index contributed by atoms with van der Waals surface area (Å²) >= 11 is 0. The third kappa shape index (κ3) is 11.3. The maximum Gasteiger partial charge on any atom is 0.311 e. The Labute approximate surface area is 372 Å². The molecule has 0 amide bonds. The van der Waals surface area contributed by atoms with E-state index in [-0.39, 0.29) is 37.6 Å². The standard InChI is InChI=1S/C56H46O8/c57-51(35-23-39-11-3-1-4-12-39)61-45-29-19-41(20-30-45)25-37-53(59)63-49-33-27-43-15-7-9-17-47(43)55(49)56-48-18-10-8-16-44(48)28-34-50(56)64-54(60)38-26-42-21-31-46(32-22-42)62-52(58)36-24-40-13-5-2-6-14-40/h1-22,27-34H,23-26,35-38H2. The van der Waals surface area contributed by atoms with Gasteiger partial charge in [0.2, 0.25) is 0 Å². The van der Waals surface area contributed by atoms with Crippen LogP contribution in [-0.4, -0.2) is 23.9 Å². The van der Waals surface area contributed by atoms with Gasteiger partial charge >= 0.3 is 23.9 Å². The van der Waals surface area contributed by atoms with Crippen LogP contribution in [-0.2, 0) is 44.9 Å². The molecule has 0 saturated carbocycles. The van der Waals surface area contributed by atoms with Crippen molar-refractivity contribution in [2.75, 3.05) is 0 Å². The first-order chi connectivity index (χ1) is 31.3. The molecule has 0 saturated heterocycles. The van der Waals surface area contributed by atoms with Crippen molar-refractivity contribution in [1.82, 2.24) is 0 Å². The van der Waals surface area contributed by atoms with E-state index in [9.17, 15) is 19.2 Å². The van der Waals surface area contributed by atoms with Crippen molar-refractivity contribution >= 4 is 45.4 Å². The predicted octanol–water partition coefficient (Wildman–Crippen LogP) is 11.8. The Balaban J connectivity index is 0.937. The lowest BCUT2D eigenvalue weighted by atomic mass is 9.92. The van der Waals surface area contributed by atoms with E-state index in [0.717, 1.165) is 43.8 Å². The first kappa shape index (κ1) is 42.8. The number of rotatable bonds is 17. The van der Waals surface area contributed by atoms with Crippen LogP contribution in [0.4, 0.5) is 0 Å². The molecule has 8 aromatic carbocycles. The van der Waals surface area contributed by atoms with Gasteiger partial charge in [-0.3, -0.25) is 19.2 Å². The van der Waals surface area contributed by atoms with Gasteiger partial charge in [-0.15, -0.1) is 0 Å². The Kier molecular flexibility index (Phi) is 13.9. The Morgan fingerprint density at radius 1 is 0.297 bits per heavy atom. The van der Waals surface area contributed by atoms with Gasteiger partial charge in [-0.25, -0.2) is 0 Å². The lowest BCUT2D eigenvalue weighted by molar-refractivity contribution is -0.135.